The molecule has 102 valence electrons. The van der Waals surface area contributed by atoms with Gasteiger partial charge in [0.15, 0.2) is 0 Å². The zero-order valence-electron chi connectivity index (χ0n) is 10.8. The molecule has 0 aromatic carbocycles. The number of nitrogens with one attached hydrogen (secondary N) is 2. The van der Waals surface area contributed by atoms with Gasteiger partial charge in [0.1, 0.15) is 10.6 Å². The van der Waals surface area contributed by atoms with E-state index in [0.717, 1.165) is 22.6 Å². The van der Waals surface area contributed by atoms with Crippen molar-refractivity contribution in [2.24, 2.45) is 5.84 Å². The van der Waals surface area contributed by atoms with Crippen molar-refractivity contribution in [1.82, 2.24) is 9.97 Å². The monoisotopic (exact) mass is 295 g/mol. The molecule has 0 spiro atoms. The minimum atomic E-state index is 0.309. The first-order valence-electron chi connectivity index (χ1n) is 6.30. The lowest BCUT2D eigenvalue weighted by molar-refractivity contribution is 0.634. The maximum absolute atomic E-state index is 5.42. The quantitative estimate of drug-likeness (QED) is 0.595. The lowest BCUT2D eigenvalue weighted by atomic mass is 10.1. The molecule has 3 heterocycles. The van der Waals surface area contributed by atoms with Gasteiger partial charge < -0.3 is 5.32 Å². The maximum atomic E-state index is 5.42. The first kappa shape index (κ1) is 13.0. The molecule has 3 rings (SSSR count). The number of thiophene rings is 1. The average molecular weight is 295 g/mol. The van der Waals surface area contributed by atoms with Crippen molar-refractivity contribution < 1.29 is 0 Å². The minimum absolute atomic E-state index is 0.309. The molecule has 2 aromatic heterocycles. The van der Waals surface area contributed by atoms with Crippen molar-refractivity contribution in [3.63, 3.8) is 0 Å². The predicted octanol–water partition coefficient (Wildman–Crippen LogP) is 2.67. The lowest BCUT2D eigenvalue weighted by Crippen LogP contribution is -2.27. The third kappa shape index (κ3) is 2.63. The molecule has 0 amide bonds. The van der Waals surface area contributed by atoms with Crippen LogP contribution in [0.15, 0.2) is 11.4 Å². The molecule has 7 heteroatoms. The molecule has 1 aliphatic heterocycles. The van der Waals surface area contributed by atoms with Crippen molar-refractivity contribution in [2.45, 2.75) is 24.5 Å². The van der Waals surface area contributed by atoms with Gasteiger partial charge in [-0.25, -0.2) is 10.8 Å². The van der Waals surface area contributed by atoms with E-state index in [-0.39, 0.29) is 0 Å². The van der Waals surface area contributed by atoms with E-state index < -0.39 is 0 Å². The molecule has 2 aromatic rings. The summed E-state index contributed by atoms with van der Waals surface area (Å²) in [7, 11) is 0. The van der Waals surface area contributed by atoms with Gasteiger partial charge in [-0.15, -0.1) is 11.3 Å². The number of thioether (sulfide) groups is 1. The van der Waals surface area contributed by atoms with Gasteiger partial charge in [0.05, 0.1) is 5.39 Å². The number of hydrazine groups is 1. The second kappa shape index (κ2) is 5.15. The fourth-order valence-corrected chi connectivity index (χ4v) is 4.31. The lowest BCUT2D eigenvalue weighted by Gasteiger charge is -2.23. The standard InChI is InChI=1S/C12H17N5S2/c1-12(4-2-5-19-12)7-14-9-8-3-6-18-10(8)16-11(15-9)17-13/h3,6H,2,4-5,7,13H2,1H3,(H2,14,15,16,17). The summed E-state index contributed by atoms with van der Waals surface area (Å²) < 4.78 is 0.309. The Morgan fingerprint density at radius 2 is 2.37 bits per heavy atom. The van der Waals surface area contributed by atoms with Crippen molar-refractivity contribution in [3.05, 3.63) is 11.4 Å². The summed E-state index contributed by atoms with van der Waals surface area (Å²) in [4.78, 5) is 9.71. The molecular weight excluding hydrogens is 278 g/mol. The summed E-state index contributed by atoms with van der Waals surface area (Å²) in [6.07, 6.45) is 2.56. The summed E-state index contributed by atoms with van der Waals surface area (Å²) in [6.45, 7) is 3.23. The normalized spacial score (nSPS) is 22.8. The largest absolute Gasteiger partial charge is 0.368 e. The zero-order chi connectivity index (χ0) is 13.3. The molecule has 0 aliphatic carbocycles. The molecule has 0 bridgehead atoms. The highest BCUT2D eigenvalue weighted by atomic mass is 32.2. The van der Waals surface area contributed by atoms with Crippen LogP contribution in [0.3, 0.4) is 0 Å². The predicted molar refractivity (Wildman–Crippen MR) is 83.8 cm³/mol. The highest BCUT2D eigenvalue weighted by Crippen LogP contribution is 2.38. The van der Waals surface area contributed by atoms with Gasteiger partial charge in [0.25, 0.3) is 0 Å². The number of nitrogen functional groups attached to an aromatic ring is 1. The van der Waals surface area contributed by atoms with Gasteiger partial charge in [-0.05, 0) is 37.0 Å². The molecular formula is C12H17N5S2. The van der Waals surface area contributed by atoms with Crippen LogP contribution in [0.1, 0.15) is 19.8 Å². The van der Waals surface area contributed by atoms with Crippen molar-refractivity contribution in [1.29, 1.82) is 0 Å². The fraction of sp³-hybridized carbons (Fsp3) is 0.500. The number of rotatable bonds is 4. The van der Waals surface area contributed by atoms with Gasteiger partial charge in [-0.3, -0.25) is 5.43 Å². The van der Waals surface area contributed by atoms with Crippen LogP contribution in [0.2, 0.25) is 0 Å². The van der Waals surface area contributed by atoms with Crippen LogP contribution in [0.5, 0.6) is 0 Å². The Bertz CT molecular complexity index is 577. The summed E-state index contributed by atoms with van der Waals surface area (Å²) >= 11 is 3.63. The Morgan fingerprint density at radius 1 is 1.47 bits per heavy atom. The van der Waals surface area contributed by atoms with E-state index in [9.17, 15) is 0 Å². The van der Waals surface area contributed by atoms with E-state index in [4.69, 9.17) is 5.84 Å². The van der Waals surface area contributed by atoms with E-state index in [0.29, 0.717) is 10.7 Å². The smallest absolute Gasteiger partial charge is 0.240 e. The zero-order valence-corrected chi connectivity index (χ0v) is 12.4. The Hall–Kier alpha value is -1.05. The molecule has 5 nitrogen and oxygen atoms in total. The van der Waals surface area contributed by atoms with E-state index in [1.54, 1.807) is 11.3 Å². The summed E-state index contributed by atoms with van der Waals surface area (Å²) in [6, 6.07) is 2.05. The number of hydrogen-bond acceptors (Lipinski definition) is 7. The number of nitrogens with zero attached hydrogens (tertiary/aromatic N) is 2. The third-order valence-electron chi connectivity index (χ3n) is 3.38. The fourth-order valence-electron chi connectivity index (χ4n) is 2.30. The van der Waals surface area contributed by atoms with E-state index in [2.05, 4.69) is 27.6 Å². The summed E-state index contributed by atoms with van der Waals surface area (Å²) in [5.41, 5.74) is 2.53. The number of hydrogen-bond donors (Lipinski definition) is 3. The molecule has 0 saturated carbocycles. The molecule has 4 N–H and O–H groups in total. The van der Waals surface area contributed by atoms with Gasteiger partial charge in [-0.1, -0.05) is 0 Å². The van der Waals surface area contributed by atoms with Crippen LogP contribution >= 0.6 is 23.1 Å². The Balaban J connectivity index is 1.85. The Kier molecular flexibility index (Phi) is 3.51. The Morgan fingerprint density at radius 3 is 3.11 bits per heavy atom. The highest BCUT2D eigenvalue weighted by molar-refractivity contribution is 8.00. The van der Waals surface area contributed by atoms with Gasteiger partial charge >= 0.3 is 0 Å². The van der Waals surface area contributed by atoms with Crippen molar-refractivity contribution in [3.8, 4) is 0 Å². The number of fused-ring (bicyclic) bond motifs is 1. The van der Waals surface area contributed by atoms with Gasteiger partial charge in [0, 0.05) is 11.3 Å². The second-order valence-electron chi connectivity index (χ2n) is 4.94. The first-order valence-corrected chi connectivity index (χ1v) is 8.16. The highest BCUT2D eigenvalue weighted by Gasteiger charge is 2.29. The third-order valence-corrected chi connectivity index (χ3v) is 5.73. The SMILES string of the molecule is CC1(CNc2nc(NN)nc3sccc23)CCCS1. The maximum Gasteiger partial charge on any atom is 0.240 e. The molecule has 0 radical (unpaired) electrons. The second-order valence-corrected chi connectivity index (χ2v) is 7.51. The molecule has 1 aliphatic rings. The van der Waals surface area contributed by atoms with Gasteiger partial charge in [-0.2, -0.15) is 16.7 Å². The number of anilines is 2. The van der Waals surface area contributed by atoms with Crippen LogP contribution in [0.25, 0.3) is 10.2 Å². The molecule has 1 fully saturated rings. The molecule has 1 unspecified atom stereocenters. The summed E-state index contributed by atoms with van der Waals surface area (Å²) in [5.74, 6) is 8.00. The van der Waals surface area contributed by atoms with Crippen LogP contribution < -0.4 is 16.6 Å². The molecule has 1 saturated heterocycles. The average Bonchev–Trinajstić information content (AvgIpc) is 3.04. The topological polar surface area (TPSA) is 75.9 Å². The van der Waals surface area contributed by atoms with Crippen LogP contribution in [0, 0.1) is 0 Å². The molecule has 1 atom stereocenters. The van der Waals surface area contributed by atoms with Crippen molar-refractivity contribution in [2.75, 3.05) is 23.0 Å². The van der Waals surface area contributed by atoms with E-state index in [1.807, 2.05) is 23.2 Å². The summed E-state index contributed by atoms with van der Waals surface area (Å²) in [5, 5.41) is 6.56. The minimum Gasteiger partial charge on any atom is -0.368 e. The number of nitrogens with two attached hydrogens (primary N) is 1. The Labute approximate surface area is 120 Å². The van der Waals surface area contributed by atoms with Crippen LogP contribution in [-0.4, -0.2) is 27.0 Å². The first-order chi connectivity index (χ1) is 9.20. The van der Waals surface area contributed by atoms with Crippen LogP contribution in [0.4, 0.5) is 11.8 Å². The van der Waals surface area contributed by atoms with Gasteiger partial charge in [0.2, 0.25) is 5.95 Å². The van der Waals surface area contributed by atoms with Crippen LogP contribution in [-0.2, 0) is 0 Å². The van der Waals surface area contributed by atoms with Crippen molar-refractivity contribution >= 4 is 45.1 Å². The van der Waals surface area contributed by atoms with E-state index >= 15 is 0 Å². The number of aromatic nitrogens is 2. The molecule has 19 heavy (non-hydrogen) atoms. The van der Waals surface area contributed by atoms with E-state index in [1.165, 1.54) is 18.6 Å².